The fourth-order valence-electron chi connectivity index (χ4n) is 2.35. The molecule has 0 unspecified atom stereocenters. The lowest BCUT2D eigenvalue weighted by molar-refractivity contribution is 0.0587. The topological polar surface area (TPSA) is 67.3 Å². The van der Waals surface area contributed by atoms with Crippen LogP contribution in [0.1, 0.15) is 36.3 Å². The normalized spacial score (nSPS) is 16.4. The van der Waals surface area contributed by atoms with E-state index in [4.69, 9.17) is 0 Å². The first kappa shape index (κ1) is 14.7. The molecule has 1 saturated heterocycles. The number of anilines is 1. The summed E-state index contributed by atoms with van der Waals surface area (Å²) in [5, 5.41) is 3.23. The van der Waals surface area contributed by atoms with E-state index in [-0.39, 0.29) is 5.82 Å². The summed E-state index contributed by atoms with van der Waals surface area (Å²) in [5.41, 5.74) is 0. The van der Waals surface area contributed by atoms with E-state index >= 15 is 0 Å². The summed E-state index contributed by atoms with van der Waals surface area (Å²) in [6, 6.07) is 1.76. The van der Waals surface area contributed by atoms with Gasteiger partial charge in [0.05, 0.1) is 7.11 Å². The number of likely N-dealkylation sites (tertiary alicyclic amines) is 1. The summed E-state index contributed by atoms with van der Waals surface area (Å²) < 4.78 is 4.60. The Hall–Kier alpha value is -1.69. The van der Waals surface area contributed by atoms with E-state index in [2.05, 4.69) is 24.9 Å². The van der Waals surface area contributed by atoms with Crippen LogP contribution in [0.25, 0.3) is 0 Å². The van der Waals surface area contributed by atoms with Crippen LogP contribution in [0.4, 0.5) is 5.82 Å². The quantitative estimate of drug-likeness (QED) is 0.824. The van der Waals surface area contributed by atoms with Crippen molar-refractivity contribution in [3.8, 4) is 0 Å². The third kappa shape index (κ3) is 4.45. The van der Waals surface area contributed by atoms with E-state index in [1.165, 1.54) is 45.9 Å². The van der Waals surface area contributed by atoms with Gasteiger partial charge in [0.2, 0.25) is 5.82 Å². The second-order valence-corrected chi connectivity index (χ2v) is 4.94. The summed E-state index contributed by atoms with van der Waals surface area (Å²) >= 11 is 0. The molecule has 0 saturated carbocycles. The molecular weight excluding hydrogens is 256 g/mol. The first-order chi connectivity index (χ1) is 9.79. The Labute approximate surface area is 119 Å². The summed E-state index contributed by atoms with van der Waals surface area (Å²) in [4.78, 5) is 21.8. The number of carbonyl (C=O) groups is 1. The molecule has 6 heteroatoms. The van der Waals surface area contributed by atoms with Crippen LogP contribution in [0.2, 0.25) is 0 Å². The van der Waals surface area contributed by atoms with E-state index in [0.29, 0.717) is 5.82 Å². The largest absolute Gasteiger partial charge is 0.463 e. The Morgan fingerprint density at radius 3 is 2.80 bits per heavy atom. The predicted octanol–water partition coefficient (Wildman–Crippen LogP) is 1.55. The molecule has 0 bridgehead atoms. The highest BCUT2D eigenvalue weighted by Crippen LogP contribution is 2.09. The molecular formula is C14H22N4O2. The van der Waals surface area contributed by atoms with Gasteiger partial charge in [-0.2, -0.15) is 0 Å². The second kappa shape index (κ2) is 7.79. The number of rotatable bonds is 5. The minimum Gasteiger partial charge on any atom is -0.463 e. The van der Waals surface area contributed by atoms with Crippen molar-refractivity contribution in [3.05, 3.63) is 18.1 Å². The van der Waals surface area contributed by atoms with Gasteiger partial charge in [-0.25, -0.2) is 14.8 Å². The van der Waals surface area contributed by atoms with Crippen molar-refractivity contribution < 1.29 is 9.53 Å². The predicted molar refractivity (Wildman–Crippen MR) is 76.8 cm³/mol. The number of ether oxygens (including phenoxy) is 1. The van der Waals surface area contributed by atoms with Gasteiger partial charge in [-0.1, -0.05) is 12.8 Å². The Morgan fingerprint density at radius 1 is 1.35 bits per heavy atom. The Kier molecular flexibility index (Phi) is 5.73. The van der Waals surface area contributed by atoms with E-state index in [9.17, 15) is 4.79 Å². The molecule has 0 atom stereocenters. The van der Waals surface area contributed by atoms with Crippen LogP contribution in [-0.2, 0) is 4.74 Å². The summed E-state index contributed by atoms with van der Waals surface area (Å²) in [7, 11) is 1.32. The van der Waals surface area contributed by atoms with Crippen molar-refractivity contribution in [2.75, 3.05) is 38.6 Å². The maximum Gasteiger partial charge on any atom is 0.376 e. The minimum atomic E-state index is -0.513. The van der Waals surface area contributed by atoms with Gasteiger partial charge in [0.15, 0.2) is 0 Å². The van der Waals surface area contributed by atoms with Gasteiger partial charge in [-0.3, -0.25) is 0 Å². The summed E-state index contributed by atoms with van der Waals surface area (Å²) in [6.45, 7) is 4.17. The number of hydrogen-bond donors (Lipinski definition) is 1. The van der Waals surface area contributed by atoms with Crippen molar-refractivity contribution in [1.82, 2.24) is 14.9 Å². The third-order valence-corrected chi connectivity index (χ3v) is 3.46. The molecule has 1 aliphatic heterocycles. The van der Waals surface area contributed by atoms with Crippen molar-refractivity contribution in [2.45, 2.75) is 25.7 Å². The van der Waals surface area contributed by atoms with E-state index in [0.717, 1.165) is 13.1 Å². The monoisotopic (exact) mass is 278 g/mol. The van der Waals surface area contributed by atoms with E-state index < -0.39 is 5.97 Å². The number of nitrogens with one attached hydrogen (secondary N) is 1. The molecule has 0 aromatic carbocycles. The van der Waals surface area contributed by atoms with Crippen molar-refractivity contribution >= 4 is 11.8 Å². The van der Waals surface area contributed by atoms with Gasteiger partial charge in [0, 0.05) is 19.3 Å². The smallest absolute Gasteiger partial charge is 0.376 e. The molecule has 2 rings (SSSR count). The number of nitrogens with zero attached hydrogens (tertiary/aromatic N) is 3. The lowest BCUT2D eigenvalue weighted by Crippen LogP contribution is -2.30. The molecule has 0 spiro atoms. The van der Waals surface area contributed by atoms with Crippen LogP contribution in [0.3, 0.4) is 0 Å². The van der Waals surface area contributed by atoms with Crippen LogP contribution in [0, 0.1) is 0 Å². The summed E-state index contributed by atoms with van der Waals surface area (Å²) in [5.74, 6) is 0.240. The molecule has 1 aromatic rings. The Balaban J connectivity index is 1.80. The van der Waals surface area contributed by atoms with Gasteiger partial charge < -0.3 is 15.0 Å². The Morgan fingerprint density at radius 2 is 2.10 bits per heavy atom. The highest BCUT2D eigenvalue weighted by Gasteiger charge is 2.10. The molecule has 1 aromatic heterocycles. The molecule has 20 heavy (non-hydrogen) atoms. The zero-order valence-corrected chi connectivity index (χ0v) is 12.0. The number of esters is 1. The molecule has 6 nitrogen and oxygen atoms in total. The van der Waals surface area contributed by atoms with Gasteiger partial charge in [-0.15, -0.1) is 0 Å². The van der Waals surface area contributed by atoms with Crippen LogP contribution in [0.5, 0.6) is 0 Å². The fourth-order valence-corrected chi connectivity index (χ4v) is 2.35. The minimum absolute atomic E-state index is 0.0901. The lowest BCUT2D eigenvalue weighted by Gasteiger charge is -2.19. The Bertz CT molecular complexity index is 431. The lowest BCUT2D eigenvalue weighted by atomic mass is 10.2. The number of carbonyl (C=O) groups excluding carboxylic acids is 1. The van der Waals surface area contributed by atoms with Crippen molar-refractivity contribution in [3.63, 3.8) is 0 Å². The SMILES string of the molecule is COC(=O)c1nccc(NCCN2CCCCCC2)n1. The highest BCUT2D eigenvalue weighted by molar-refractivity contribution is 5.85. The molecule has 1 aliphatic rings. The second-order valence-electron chi connectivity index (χ2n) is 4.94. The highest BCUT2D eigenvalue weighted by atomic mass is 16.5. The molecule has 0 radical (unpaired) electrons. The van der Waals surface area contributed by atoms with E-state index in [1.54, 1.807) is 12.3 Å². The first-order valence-corrected chi connectivity index (χ1v) is 7.17. The van der Waals surface area contributed by atoms with Crippen molar-refractivity contribution in [1.29, 1.82) is 0 Å². The van der Waals surface area contributed by atoms with E-state index in [1.807, 2.05) is 0 Å². The molecule has 1 fully saturated rings. The first-order valence-electron chi connectivity index (χ1n) is 7.17. The van der Waals surface area contributed by atoms with Gasteiger partial charge >= 0.3 is 5.97 Å². The third-order valence-electron chi connectivity index (χ3n) is 3.46. The van der Waals surface area contributed by atoms with Gasteiger partial charge in [-0.05, 0) is 32.0 Å². The standard InChI is InChI=1S/C14H22N4O2/c1-20-14(19)13-16-7-6-12(17-13)15-8-11-18-9-4-2-3-5-10-18/h6-7H,2-5,8-11H2,1H3,(H,15,16,17). The maximum absolute atomic E-state index is 11.3. The molecule has 0 aliphatic carbocycles. The number of methoxy groups -OCH3 is 1. The van der Waals surface area contributed by atoms with Crippen molar-refractivity contribution in [2.24, 2.45) is 0 Å². The van der Waals surface area contributed by atoms with Crippen LogP contribution in [0.15, 0.2) is 12.3 Å². The molecule has 0 amide bonds. The van der Waals surface area contributed by atoms with Gasteiger partial charge in [0.25, 0.3) is 0 Å². The summed E-state index contributed by atoms with van der Waals surface area (Å²) in [6.07, 6.45) is 6.84. The fraction of sp³-hybridized carbons (Fsp3) is 0.643. The average Bonchev–Trinajstić information content (AvgIpc) is 2.75. The number of aromatic nitrogens is 2. The van der Waals surface area contributed by atoms with Crippen LogP contribution in [-0.4, -0.2) is 54.1 Å². The number of hydrogen-bond acceptors (Lipinski definition) is 6. The zero-order chi connectivity index (χ0) is 14.2. The average molecular weight is 278 g/mol. The molecule has 2 heterocycles. The van der Waals surface area contributed by atoms with Gasteiger partial charge in [0.1, 0.15) is 5.82 Å². The van der Waals surface area contributed by atoms with Crippen LogP contribution >= 0.6 is 0 Å². The zero-order valence-electron chi connectivity index (χ0n) is 12.0. The maximum atomic E-state index is 11.3. The molecule has 1 N–H and O–H groups in total. The molecule has 110 valence electrons. The van der Waals surface area contributed by atoms with Crippen LogP contribution < -0.4 is 5.32 Å².